The first-order valence-corrected chi connectivity index (χ1v) is 6.74. The van der Waals surface area contributed by atoms with Gasteiger partial charge in [0.1, 0.15) is 0 Å². The quantitative estimate of drug-likeness (QED) is 0.324. The minimum atomic E-state index is -0.359. The molecule has 0 fully saturated rings. The number of hydrogen-bond donors (Lipinski definition) is 0. The van der Waals surface area contributed by atoms with Crippen molar-refractivity contribution in [2.24, 2.45) is 5.41 Å². The van der Waals surface area contributed by atoms with Crippen molar-refractivity contribution >= 4 is 28.6 Å². The molecule has 14 heavy (non-hydrogen) atoms. The van der Waals surface area contributed by atoms with E-state index in [4.69, 9.17) is 4.74 Å². The summed E-state index contributed by atoms with van der Waals surface area (Å²) >= 11 is 2.38. The van der Waals surface area contributed by atoms with E-state index in [1.54, 1.807) is 0 Å². The maximum Gasteiger partial charge on any atom is 0.311 e. The van der Waals surface area contributed by atoms with Crippen LogP contribution in [0.25, 0.3) is 0 Å². The summed E-state index contributed by atoms with van der Waals surface area (Å²) in [5.74, 6) is -0.0913. The molecule has 0 spiro atoms. The Bertz CT molecular complexity index is 161. The largest absolute Gasteiger partial charge is 0.465 e. The van der Waals surface area contributed by atoms with Crippen LogP contribution in [-0.4, -0.2) is 17.0 Å². The van der Waals surface area contributed by atoms with Crippen LogP contribution in [0.3, 0.4) is 0 Å². The molecule has 0 aromatic rings. The molecule has 84 valence electrons. The lowest BCUT2D eigenvalue weighted by Gasteiger charge is -2.16. The van der Waals surface area contributed by atoms with Gasteiger partial charge >= 0.3 is 5.97 Å². The molecule has 0 atom stereocenters. The number of carbonyl (C=O) groups excluding carboxylic acids is 1. The van der Waals surface area contributed by atoms with Gasteiger partial charge in [-0.2, -0.15) is 0 Å². The second-order valence-electron chi connectivity index (χ2n) is 4.49. The summed E-state index contributed by atoms with van der Waals surface area (Å²) in [7, 11) is 0. The Hall–Kier alpha value is 0.200. The average Bonchev–Trinajstić information content (AvgIpc) is 2.09. The van der Waals surface area contributed by atoms with Crippen molar-refractivity contribution < 1.29 is 9.53 Å². The summed E-state index contributed by atoms with van der Waals surface area (Å²) < 4.78 is 6.37. The lowest BCUT2D eigenvalue weighted by Crippen LogP contribution is -2.23. The van der Waals surface area contributed by atoms with Gasteiger partial charge in [-0.15, -0.1) is 0 Å². The Labute approximate surface area is 101 Å². The van der Waals surface area contributed by atoms with Crippen LogP contribution < -0.4 is 0 Å². The molecule has 3 heteroatoms. The zero-order valence-corrected chi connectivity index (χ0v) is 11.6. The minimum absolute atomic E-state index is 0.0913. The molecule has 0 aromatic heterocycles. The van der Waals surface area contributed by atoms with Gasteiger partial charge in [-0.1, -0.05) is 35.4 Å². The molecule has 0 bridgehead atoms. The predicted molar refractivity (Wildman–Crippen MR) is 67.8 cm³/mol. The van der Waals surface area contributed by atoms with E-state index in [0.29, 0.717) is 6.61 Å². The molecule has 0 unspecified atom stereocenters. The van der Waals surface area contributed by atoms with Gasteiger partial charge in [0, 0.05) is 0 Å². The zero-order chi connectivity index (χ0) is 11.0. The Morgan fingerprint density at radius 1 is 1.14 bits per heavy atom. The second-order valence-corrected chi connectivity index (χ2v) is 5.57. The molecular formula is C11H21IO2. The third-order valence-electron chi connectivity index (χ3n) is 1.87. The van der Waals surface area contributed by atoms with Crippen LogP contribution in [0.4, 0.5) is 0 Å². The van der Waals surface area contributed by atoms with Crippen LogP contribution >= 0.6 is 22.6 Å². The fraction of sp³-hybridized carbons (Fsp3) is 0.909. The second kappa shape index (κ2) is 7.49. The van der Waals surface area contributed by atoms with E-state index in [1.807, 2.05) is 20.8 Å². The van der Waals surface area contributed by atoms with Gasteiger partial charge in [0.15, 0.2) is 0 Å². The molecule has 0 heterocycles. The van der Waals surface area contributed by atoms with Crippen molar-refractivity contribution in [1.29, 1.82) is 0 Å². The molecule has 2 nitrogen and oxygen atoms in total. The molecule has 0 N–H and O–H groups in total. The summed E-state index contributed by atoms with van der Waals surface area (Å²) in [4.78, 5) is 11.3. The first kappa shape index (κ1) is 14.2. The average molecular weight is 312 g/mol. The SMILES string of the molecule is CC(C)(C)C(=O)OCCCCCCI. The summed E-state index contributed by atoms with van der Waals surface area (Å²) in [5.41, 5.74) is -0.359. The summed E-state index contributed by atoms with van der Waals surface area (Å²) in [6.07, 6.45) is 4.68. The smallest absolute Gasteiger partial charge is 0.311 e. The highest BCUT2D eigenvalue weighted by Gasteiger charge is 2.22. The van der Waals surface area contributed by atoms with Gasteiger partial charge in [-0.25, -0.2) is 0 Å². The number of rotatable bonds is 6. The van der Waals surface area contributed by atoms with E-state index >= 15 is 0 Å². The van der Waals surface area contributed by atoms with Crippen LogP contribution in [0, 0.1) is 5.41 Å². The Morgan fingerprint density at radius 2 is 1.71 bits per heavy atom. The number of alkyl halides is 1. The Morgan fingerprint density at radius 3 is 2.21 bits per heavy atom. The van der Waals surface area contributed by atoms with Crippen LogP contribution in [0.1, 0.15) is 46.5 Å². The van der Waals surface area contributed by atoms with Gasteiger partial charge in [0.2, 0.25) is 0 Å². The normalized spacial score (nSPS) is 11.4. The monoisotopic (exact) mass is 312 g/mol. The van der Waals surface area contributed by atoms with E-state index in [1.165, 1.54) is 23.7 Å². The number of unbranched alkanes of at least 4 members (excludes halogenated alkanes) is 3. The number of halogens is 1. The molecule has 0 amide bonds. The van der Waals surface area contributed by atoms with E-state index in [2.05, 4.69) is 22.6 Å². The topological polar surface area (TPSA) is 26.3 Å². The van der Waals surface area contributed by atoms with E-state index in [9.17, 15) is 4.79 Å². The standard InChI is InChI=1S/C11H21IO2/c1-11(2,3)10(13)14-9-7-5-4-6-8-12/h4-9H2,1-3H3. The van der Waals surface area contributed by atoms with Gasteiger partial charge < -0.3 is 4.74 Å². The minimum Gasteiger partial charge on any atom is -0.465 e. The van der Waals surface area contributed by atoms with Gasteiger partial charge in [0.05, 0.1) is 12.0 Å². The Kier molecular flexibility index (Phi) is 7.59. The molecule has 0 aliphatic rings. The first-order chi connectivity index (χ1) is 6.48. The van der Waals surface area contributed by atoms with Crippen molar-refractivity contribution in [1.82, 2.24) is 0 Å². The van der Waals surface area contributed by atoms with Crippen LogP contribution in [-0.2, 0) is 9.53 Å². The van der Waals surface area contributed by atoms with Crippen molar-refractivity contribution in [3.8, 4) is 0 Å². The molecule has 0 aliphatic heterocycles. The van der Waals surface area contributed by atoms with Crippen LogP contribution in [0.15, 0.2) is 0 Å². The third-order valence-corrected chi connectivity index (χ3v) is 2.64. The van der Waals surface area contributed by atoms with Crippen molar-refractivity contribution in [2.45, 2.75) is 46.5 Å². The van der Waals surface area contributed by atoms with Gasteiger partial charge in [0.25, 0.3) is 0 Å². The Balaban J connectivity index is 3.33. The number of ether oxygens (including phenoxy) is 1. The molecule has 0 aromatic carbocycles. The summed E-state index contributed by atoms with van der Waals surface area (Å²) in [5, 5.41) is 0. The van der Waals surface area contributed by atoms with Gasteiger partial charge in [-0.05, 0) is 38.0 Å². The van der Waals surface area contributed by atoms with E-state index in [-0.39, 0.29) is 11.4 Å². The third kappa shape index (κ3) is 7.59. The number of esters is 1. The lowest BCUT2D eigenvalue weighted by molar-refractivity contribution is -0.153. The highest BCUT2D eigenvalue weighted by Crippen LogP contribution is 2.15. The molecular weight excluding hydrogens is 291 g/mol. The van der Waals surface area contributed by atoms with Crippen molar-refractivity contribution in [3.63, 3.8) is 0 Å². The summed E-state index contributed by atoms with van der Waals surface area (Å²) in [6, 6.07) is 0. The molecule has 0 saturated carbocycles. The molecule has 0 aliphatic carbocycles. The highest BCUT2D eigenvalue weighted by molar-refractivity contribution is 14.1. The highest BCUT2D eigenvalue weighted by atomic mass is 127. The molecule has 0 radical (unpaired) electrons. The zero-order valence-electron chi connectivity index (χ0n) is 9.44. The fourth-order valence-electron chi connectivity index (χ4n) is 0.931. The fourth-order valence-corrected chi connectivity index (χ4v) is 1.47. The molecule has 0 saturated heterocycles. The van der Waals surface area contributed by atoms with Crippen molar-refractivity contribution in [2.75, 3.05) is 11.0 Å². The van der Waals surface area contributed by atoms with E-state index in [0.717, 1.165) is 6.42 Å². The number of carbonyl (C=O) groups is 1. The number of hydrogen-bond acceptors (Lipinski definition) is 2. The molecule has 0 rings (SSSR count). The maximum absolute atomic E-state index is 11.3. The lowest BCUT2D eigenvalue weighted by atomic mass is 9.97. The van der Waals surface area contributed by atoms with Crippen LogP contribution in [0.5, 0.6) is 0 Å². The summed E-state index contributed by atoms with van der Waals surface area (Å²) in [6.45, 7) is 6.22. The first-order valence-electron chi connectivity index (χ1n) is 5.21. The van der Waals surface area contributed by atoms with Crippen LogP contribution in [0.2, 0.25) is 0 Å². The van der Waals surface area contributed by atoms with Gasteiger partial charge in [-0.3, -0.25) is 4.79 Å². The maximum atomic E-state index is 11.3. The van der Waals surface area contributed by atoms with E-state index < -0.39 is 0 Å². The predicted octanol–water partition coefficient (Wildman–Crippen LogP) is 3.57. The van der Waals surface area contributed by atoms with Crippen molar-refractivity contribution in [3.05, 3.63) is 0 Å².